The van der Waals surface area contributed by atoms with E-state index >= 15 is 0 Å². The van der Waals surface area contributed by atoms with Crippen LogP contribution in [0.15, 0.2) is 18.2 Å². The largest absolute Gasteiger partial charge is 0.393 e. The highest BCUT2D eigenvalue weighted by molar-refractivity contribution is 5.28. The SMILES string of the molecule is OCc1ccc(F)cc1CC(F)(F)F. The van der Waals surface area contributed by atoms with Gasteiger partial charge in [0.25, 0.3) is 0 Å². The van der Waals surface area contributed by atoms with Gasteiger partial charge in [-0.15, -0.1) is 0 Å². The van der Waals surface area contributed by atoms with Gasteiger partial charge in [0.15, 0.2) is 0 Å². The van der Waals surface area contributed by atoms with E-state index in [-0.39, 0.29) is 11.1 Å². The maximum Gasteiger partial charge on any atom is 0.393 e. The van der Waals surface area contributed by atoms with E-state index in [0.29, 0.717) is 0 Å². The van der Waals surface area contributed by atoms with Gasteiger partial charge in [-0.25, -0.2) is 4.39 Å². The van der Waals surface area contributed by atoms with Gasteiger partial charge >= 0.3 is 6.18 Å². The minimum atomic E-state index is -4.39. The molecule has 0 spiro atoms. The Labute approximate surface area is 78.0 Å². The predicted octanol–water partition coefficient (Wildman–Crippen LogP) is 2.42. The summed E-state index contributed by atoms with van der Waals surface area (Å²) >= 11 is 0. The van der Waals surface area contributed by atoms with Gasteiger partial charge in [0.05, 0.1) is 13.0 Å². The molecule has 78 valence electrons. The standard InChI is InChI=1S/C9H8F4O/c10-8-2-1-6(5-14)7(3-8)4-9(11,12)13/h1-3,14H,4-5H2. The Balaban J connectivity index is 2.99. The molecular formula is C9H8F4O. The van der Waals surface area contributed by atoms with Crippen molar-refractivity contribution >= 4 is 0 Å². The Morgan fingerprint density at radius 1 is 1.14 bits per heavy atom. The topological polar surface area (TPSA) is 20.2 Å². The van der Waals surface area contributed by atoms with Crippen molar-refractivity contribution in [1.82, 2.24) is 0 Å². The van der Waals surface area contributed by atoms with Crippen molar-refractivity contribution in [3.8, 4) is 0 Å². The van der Waals surface area contributed by atoms with Crippen LogP contribution in [0.3, 0.4) is 0 Å². The van der Waals surface area contributed by atoms with Crippen LogP contribution in [-0.4, -0.2) is 11.3 Å². The molecule has 1 N–H and O–H groups in total. The molecule has 1 rings (SSSR count). The average molecular weight is 208 g/mol. The Hall–Kier alpha value is -1.10. The lowest BCUT2D eigenvalue weighted by Gasteiger charge is -2.10. The monoisotopic (exact) mass is 208 g/mol. The Kier molecular flexibility index (Phi) is 3.10. The normalized spacial score (nSPS) is 11.8. The highest BCUT2D eigenvalue weighted by Gasteiger charge is 2.28. The molecule has 0 aliphatic carbocycles. The van der Waals surface area contributed by atoms with Crippen molar-refractivity contribution in [3.63, 3.8) is 0 Å². The summed E-state index contributed by atoms with van der Waals surface area (Å²) in [6.07, 6.45) is -5.61. The summed E-state index contributed by atoms with van der Waals surface area (Å²) in [5.74, 6) is -0.735. The van der Waals surface area contributed by atoms with Gasteiger partial charge in [0, 0.05) is 0 Å². The lowest BCUT2D eigenvalue weighted by Crippen LogP contribution is -2.13. The average Bonchev–Trinajstić information content (AvgIpc) is 2.01. The van der Waals surface area contributed by atoms with Crippen LogP contribution >= 0.6 is 0 Å². The Bertz CT molecular complexity index is 319. The summed E-state index contributed by atoms with van der Waals surface area (Å²) in [5.41, 5.74) is -0.122. The van der Waals surface area contributed by atoms with Crippen molar-refractivity contribution in [2.45, 2.75) is 19.2 Å². The number of hydrogen-bond donors (Lipinski definition) is 1. The van der Waals surface area contributed by atoms with Crippen LogP contribution < -0.4 is 0 Å². The van der Waals surface area contributed by atoms with Crippen LogP contribution in [0.25, 0.3) is 0 Å². The molecule has 1 aromatic rings. The third-order valence-corrected chi connectivity index (χ3v) is 1.73. The molecule has 0 atom stereocenters. The first-order valence-electron chi connectivity index (χ1n) is 3.87. The zero-order chi connectivity index (χ0) is 10.8. The van der Waals surface area contributed by atoms with Gasteiger partial charge in [-0.05, 0) is 23.3 Å². The van der Waals surface area contributed by atoms with Crippen LogP contribution in [0.4, 0.5) is 17.6 Å². The first kappa shape index (κ1) is 11.0. The molecule has 0 fully saturated rings. The van der Waals surface area contributed by atoms with Gasteiger partial charge in [-0.1, -0.05) is 6.07 Å². The smallest absolute Gasteiger partial charge is 0.392 e. The second kappa shape index (κ2) is 3.96. The minimum Gasteiger partial charge on any atom is -0.392 e. The van der Waals surface area contributed by atoms with E-state index in [0.717, 1.165) is 18.2 Å². The first-order valence-corrected chi connectivity index (χ1v) is 3.87. The molecule has 5 heteroatoms. The van der Waals surface area contributed by atoms with Crippen LogP contribution in [0.2, 0.25) is 0 Å². The van der Waals surface area contributed by atoms with E-state index in [1.54, 1.807) is 0 Å². The lowest BCUT2D eigenvalue weighted by molar-refractivity contribution is -0.127. The highest BCUT2D eigenvalue weighted by Crippen LogP contribution is 2.24. The maximum atomic E-state index is 12.6. The van der Waals surface area contributed by atoms with Crippen LogP contribution in [0.5, 0.6) is 0 Å². The quantitative estimate of drug-likeness (QED) is 0.740. The zero-order valence-electron chi connectivity index (χ0n) is 7.11. The fourth-order valence-corrected chi connectivity index (χ4v) is 1.13. The number of rotatable bonds is 2. The molecule has 14 heavy (non-hydrogen) atoms. The fourth-order valence-electron chi connectivity index (χ4n) is 1.13. The van der Waals surface area contributed by atoms with Crippen LogP contribution in [-0.2, 0) is 13.0 Å². The van der Waals surface area contributed by atoms with E-state index in [1.807, 2.05) is 0 Å². The van der Waals surface area contributed by atoms with Crippen molar-refractivity contribution in [2.24, 2.45) is 0 Å². The van der Waals surface area contributed by atoms with E-state index in [9.17, 15) is 17.6 Å². The molecule has 0 saturated heterocycles. The summed E-state index contributed by atoms with van der Waals surface area (Å²) < 4.78 is 48.6. The van der Waals surface area contributed by atoms with Gasteiger partial charge in [0.2, 0.25) is 0 Å². The van der Waals surface area contributed by atoms with E-state index in [4.69, 9.17) is 5.11 Å². The summed E-state index contributed by atoms with van der Waals surface area (Å²) in [5, 5.41) is 8.72. The maximum absolute atomic E-state index is 12.6. The molecule has 0 amide bonds. The molecule has 1 aromatic carbocycles. The number of halogens is 4. The van der Waals surface area contributed by atoms with Crippen molar-refractivity contribution in [2.75, 3.05) is 0 Å². The van der Waals surface area contributed by atoms with E-state index < -0.39 is 25.0 Å². The van der Waals surface area contributed by atoms with Crippen molar-refractivity contribution in [1.29, 1.82) is 0 Å². The number of alkyl halides is 3. The zero-order valence-corrected chi connectivity index (χ0v) is 7.11. The highest BCUT2D eigenvalue weighted by atomic mass is 19.4. The number of benzene rings is 1. The minimum absolute atomic E-state index is 0.101. The number of aliphatic hydroxyl groups is 1. The summed E-state index contributed by atoms with van der Waals surface area (Å²) in [6, 6.07) is 2.96. The molecule has 1 nitrogen and oxygen atoms in total. The van der Waals surface area contributed by atoms with Gasteiger partial charge in [0.1, 0.15) is 5.82 Å². The first-order chi connectivity index (χ1) is 6.42. The van der Waals surface area contributed by atoms with E-state index in [2.05, 4.69) is 0 Å². The third-order valence-electron chi connectivity index (χ3n) is 1.73. The molecular weight excluding hydrogens is 200 g/mol. The molecule has 0 aliphatic heterocycles. The van der Waals surface area contributed by atoms with Crippen LogP contribution in [0.1, 0.15) is 11.1 Å². The molecule has 0 unspecified atom stereocenters. The van der Waals surface area contributed by atoms with Crippen molar-refractivity contribution < 1.29 is 22.7 Å². The summed E-state index contributed by atoms with van der Waals surface area (Å²) in [4.78, 5) is 0. The molecule has 0 bridgehead atoms. The number of hydrogen-bond acceptors (Lipinski definition) is 1. The lowest BCUT2D eigenvalue weighted by atomic mass is 10.0. The van der Waals surface area contributed by atoms with Gasteiger partial charge in [-0.3, -0.25) is 0 Å². The second-order valence-corrected chi connectivity index (χ2v) is 2.86. The van der Waals surface area contributed by atoms with Crippen molar-refractivity contribution in [3.05, 3.63) is 35.1 Å². The third kappa shape index (κ3) is 2.99. The molecule has 0 aromatic heterocycles. The summed E-state index contributed by atoms with van der Waals surface area (Å²) in [7, 11) is 0. The molecule has 0 saturated carbocycles. The molecule has 0 radical (unpaired) electrons. The molecule has 0 heterocycles. The van der Waals surface area contributed by atoms with Crippen LogP contribution in [0, 0.1) is 5.82 Å². The van der Waals surface area contributed by atoms with Gasteiger partial charge in [-0.2, -0.15) is 13.2 Å². The summed E-state index contributed by atoms with van der Waals surface area (Å²) in [6.45, 7) is -0.522. The predicted molar refractivity (Wildman–Crippen MR) is 42.1 cm³/mol. The van der Waals surface area contributed by atoms with E-state index in [1.165, 1.54) is 0 Å². The second-order valence-electron chi connectivity index (χ2n) is 2.86. The number of aliphatic hydroxyl groups excluding tert-OH is 1. The Morgan fingerprint density at radius 2 is 1.79 bits per heavy atom. The Morgan fingerprint density at radius 3 is 2.29 bits per heavy atom. The van der Waals surface area contributed by atoms with Gasteiger partial charge < -0.3 is 5.11 Å². The fraction of sp³-hybridized carbons (Fsp3) is 0.333. The molecule has 0 aliphatic rings.